The van der Waals surface area contributed by atoms with Gasteiger partial charge in [0.15, 0.2) is 29.4 Å². The Bertz CT molecular complexity index is 1980. The standard InChI is InChI=1S/2C18H15S.C11H16O2.C2H3F3O3S/c2*1-4-10-16(11-5-1)19(17-12-6-2-7-13-17)18-14-8-3-9-15-18;12-10(13)11-4-7-1-8(5-11)3-9(2-7)6-11;3-2(4,5)1-9(6,7)8/h2*1-15H;7-9H,1-6H2,(H,12,13);1H2,(H,6,7,8)/q2*+1;;/p-2. The fraction of sp³-hybridized carbons (Fsp3) is 0.245. The Morgan fingerprint density at radius 1 is 0.500 bits per heavy atom. The van der Waals surface area contributed by atoms with Crippen molar-refractivity contribution in [2.45, 2.75) is 74.1 Å². The molecule has 6 aromatic carbocycles. The molecule has 0 aliphatic heterocycles. The van der Waals surface area contributed by atoms with Gasteiger partial charge in [-0.05, 0) is 129 Å². The van der Waals surface area contributed by atoms with Crippen LogP contribution in [0.1, 0.15) is 38.5 Å². The number of halogens is 3. The number of carbonyl (C=O) groups excluding carboxylic acids is 1. The van der Waals surface area contributed by atoms with Gasteiger partial charge in [-0.1, -0.05) is 109 Å². The van der Waals surface area contributed by atoms with E-state index in [1.165, 1.54) is 48.6 Å². The van der Waals surface area contributed by atoms with Crippen molar-refractivity contribution in [2.24, 2.45) is 23.2 Å². The lowest BCUT2D eigenvalue weighted by molar-refractivity contribution is -0.327. The third-order valence-corrected chi connectivity index (χ3v) is 15.8. The number of aliphatic carboxylic acids is 1. The van der Waals surface area contributed by atoms with E-state index in [1.54, 1.807) is 0 Å². The summed E-state index contributed by atoms with van der Waals surface area (Å²) >= 11 is 0. The van der Waals surface area contributed by atoms with Gasteiger partial charge in [-0.2, -0.15) is 13.2 Å². The molecule has 0 saturated heterocycles. The average Bonchev–Trinajstić information content (AvgIpc) is 3.22. The largest absolute Gasteiger partial charge is 0.748 e. The van der Waals surface area contributed by atoms with Crippen LogP contribution in [-0.2, 0) is 36.7 Å². The second kappa shape index (κ2) is 20.6. The monoisotopic (exact) mass is 868 g/mol. The molecule has 0 unspecified atom stereocenters. The Morgan fingerprint density at radius 3 is 0.867 bits per heavy atom. The van der Waals surface area contributed by atoms with Crippen LogP contribution < -0.4 is 5.11 Å². The number of carboxylic acids is 1. The number of hydrogen-bond donors (Lipinski definition) is 0. The zero-order valence-corrected chi connectivity index (χ0v) is 35.4. The minimum Gasteiger partial charge on any atom is -0.748 e. The van der Waals surface area contributed by atoms with Crippen molar-refractivity contribution >= 4 is 37.9 Å². The summed E-state index contributed by atoms with van der Waals surface area (Å²) in [5.74, 6) is -0.913. The molecule has 4 bridgehead atoms. The van der Waals surface area contributed by atoms with Gasteiger partial charge in [-0.25, -0.2) is 8.42 Å². The molecule has 4 saturated carbocycles. The van der Waals surface area contributed by atoms with Gasteiger partial charge in [0, 0.05) is 11.4 Å². The molecule has 5 nitrogen and oxygen atoms in total. The summed E-state index contributed by atoms with van der Waals surface area (Å²) in [6.45, 7) is 0. The molecule has 11 heteroatoms. The molecule has 0 spiro atoms. The summed E-state index contributed by atoms with van der Waals surface area (Å²) in [7, 11) is -5.19. The quantitative estimate of drug-likeness (QED) is 0.112. The number of carboxylic acid groups (broad SMARTS) is 1. The van der Waals surface area contributed by atoms with Crippen molar-refractivity contribution in [3.8, 4) is 0 Å². The number of hydrogen-bond acceptors (Lipinski definition) is 5. The van der Waals surface area contributed by atoms with E-state index < -0.39 is 33.4 Å². The fourth-order valence-corrected chi connectivity index (χ4v) is 13.3. The Morgan fingerprint density at radius 2 is 0.717 bits per heavy atom. The van der Waals surface area contributed by atoms with Crippen LogP contribution in [0.15, 0.2) is 211 Å². The Balaban J connectivity index is 0.000000139. The molecule has 4 fully saturated rings. The average molecular weight is 869 g/mol. The van der Waals surface area contributed by atoms with Crippen LogP contribution in [0, 0.1) is 23.2 Å². The van der Waals surface area contributed by atoms with E-state index >= 15 is 0 Å². The topological polar surface area (TPSA) is 97.3 Å². The molecule has 0 radical (unpaired) electrons. The summed E-state index contributed by atoms with van der Waals surface area (Å²) in [6, 6.07) is 64.3. The van der Waals surface area contributed by atoms with E-state index in [0.717, 1.165) is 19.3 Å². The highest BCUT2D eigenvalue weighted by Gasteiger charge is 2.51. The van der Waals surface area contributed by atoms with Crippen molar-refractivity contribution < 1.29 is 36.0 Å². The van der Waals surface area contributed by atoms with E-state index in [0.29, 0.717) is 17.8 Å². The van der Waals surface area contributed by atoms with Crippen LogP contribution in [0.4, 0.5) is 13.2 Å². The van der Waals surface area contributed by atoms with Crippen LogP contribution in [-0.4, -0.2) is 30.9 Å². The van der Waals surface area contributed by atoms with Gasteiger partial charge in [0.05, 0.1) is 21.8 Å². The van der Waals surface area contributed by atoms with Crippen LogP contribution in [0.25, 0.3) is 0 Å². The Hall–Kier alpha value is -4.81. The maximum atomic E-state index is 11.1. The minimum atomic E-state index is -5.16. The molecule has 10 rings (SSSR count). The first-order valence-corrected chi connectivity index (χ1v) is 23.8. The van der Waals surface area contributed by atoms with Crippen molar-refractivity contribution in [1.82, 2.24) is 0 Å². The molecule has 6 aromatic rings. The van der Waals surface area contributed by atoms with Crippen molar-refractivity contribution in [1.29, 1.82) is 0 Å². The maximum absolute atomic E-state index is 11.1. The van der Waals surface area contributed by atoms with E-state index in [4.69, 9.17) is 0 Å². The molecule has 0 N–H and O–H groups in total. The molecular formula is C49H47F3O5S3. The van der Waals surface area contributed by atoms with Gasteiger partial charge in [0.25, 0.3) is 0 Å². The molecular weight excluding hydrogens is 822 g/mol. The third kappa shape index (κ3) is 12.8. The predicted octanol–water partition coefficient (Wildman–Crippen LogP) is 10.6. The smallest absolute Gasteiger partial charge is 0.401 e. The van der Waals surface area contributed by atoms with Gasteiger partial charge < -0.3 is 14.5 Å². The summed E-state index contributed by atoms with van der Waals surface area (Å²) < 4.78 is 61.0. The number of carbonyl (C=O) groups is 1. The minimum absolute atomic E-state index is 0.0146. The van der Waals surface area contributed by atoms with Crippen molar-refractivity contribution in [3.05, 3.63) is 182 Å². The van der Waals surface area contributed by atoms with E-state index in [2.05, 4.69) is 182 Å². The van der Waals surface area contributed by atoms with Crippen molar-refractivity contribution in [2.75, 3.05) is 5.75 Å². The van der Waals surface area contributed by atoms with Gasteiger partial charge in [-0.15, -0.1) is 0 Å². The lowest BCUT2D eigenvalue weighted by atomic mass is 9.49. The molecule has 0 aromatic heterocycles. The van der Waals surface area contributed by atoms with E-state index in [1.807, 2.05) is 0 Å². The fourth-order valence-electron chi connectivity index (χ4n) is 8.72. The van der Waals surface area contributed by atoms with Gasteiger partial charge >= 0.3 is 6.18 Å². The molecule has 0 amide bonds. The molecule has 4 aliphatic rings. The summed E-state index contributed by atoms with van der Waals surface area (Å²) in [4.78, 5) is 19.3. The number of benzene rings is 6. The highest BCUT2D eigenvalue weighted by atomic mass is 32.2. The predicted molar refractivity (Wildman–Crippen MR) is 229 cm³/mol. The van der Waals surface area contributed by atoms with Crippen LogP contribution in [0.2, 0.25) is 0 Å². The molecule has 0 heterocycles. The first kappa shape index (κ1) is 44.7. The van der Waals surface area contributed by atoms with Gasteiger partial charge in [0.1, 0.15) is 15.9 Å². The second-order valence-electron chi connectivity index (χ2n) is 15.3. The zero-order chi connectivity index (χ0) is 42.6. The zero-order valence-electron chi connectivity index (χ0n) is 32.9. The molecule has 60 heavy (non-hydrogen) atoms. The lowest BCUT2D eigenvalue weighted by Crippen LogP contribution is -2.54. The molecule has 312 valence electrons. The second-order valence-corrected chi connectivity index (χ2v) is 20.8. The highest BCUT2D eigenvalue weighted by Crippen LogP contribution is 2.59. The number of alkyl halides is 3. The summed E-state index contributed by atoms with van der Waals surface area (Å²) in [5.41, 5.74) is -0.394. The van der Waals surface area contributed by atoms with Crippen LogP contribution in [0.5, 0.6) is 0 Å². The van der Waals surface area contributed by atoms with Crippen LogP contribution >= 0.6 is 0 Å². The third-order valence-electron chi connectivity index (χ3n) is 10.7. The highest BCUT2D eigenvalue weighted by molar-refractivity contribution is 7.97. The first-order valence-electron chi connectivity index (χ1n) is 19.8. The first-order chi connectivity index (χ1) is 28.8. The van der Waals surface area contributed by atoms with Gasteiger partial charge in [0.2, 0.25) is 0 Å². The van der Waals surface area contributed by atoms with Gasteiger partial charge in [-0.3, -0.25) is 0 Å². The van der Waals surface area contributed by atoms with E-state index in [9.17, 15) is 36.0 Å². The Kier molecular flexibility index (Phi) is 15.4. The number of rotatable bonds is 8. The van der Waals surface area contributed by atoms with Crippen LogP contribution in [0.3, 0.4) is 0 Å². The Labute approximate surface area is 357 Å². The molecule has 0 atom stereocenters. The van der Waals surface area contributed by atoms with E-state index in [-0.39, 0.29) is 21.8 Å². The lowest BCUT2D eigenvalue weighted by Gasteiger charge is -2.57. The summed E-state index contributed by atoms with van der Waals surface area (Å²) in [6.07, 6.45) is 1.73. The normalized spacial score (nSPS) is 20.1. The summed E-state index contributed by atoms with van der Waals surface area (Å²) in [5, 5.41) is 11.1. The maximum Gasteiger partial charge on any atom is 0.401 e. The SMILES string of the molecule is O=C([O-])C12CC3CC(CC(C3)C1)C2.O=S(=O)([O-])CC(F)(F)F.c1ccc([S+](c2ccccc2)c2ccccc2)cc1.c1ccc([S+](c2ccccc2)c2ccccc2)cc1. The molecule has 4 aliphatic carbocycles. The van der Waals surface area contributed by atoms with Crippen molar-refractivity contribution in [3.63, 3.8) is 0 Å².